The number of nitrogens with two attached hydrogens (primary N) is 1. The van der Waals surface area contributed by atoms with Crippen molar-refractivity contribution in [3.05, 3.63) is 33.9 Å². The number of rotatable bonds is 3. The molecule has 2 fully saturated rings. The Morgan fingerprint density at radius 2 is 2.24 bits per heavy atom. The summed E-state index contributed by atoms with van der Waals surface area (Å²) in [5.74, 6) is 0. The molecule has 0 amide bonds. The SMILES string of the molecule is CC1CN2CCCC2CN1Cc1cccc([N+](=O)[O-])c1N. The summed E-state index contributed by atoms with van der Waals surface area (Å²) in [6.45, 7) is 6.24. The third kappa shape index (κ3) is 2.73. The van der Waals surface area contributed by atoms with Crippen LogP contribution in [0.5, 0.6) is 0 Å². The van der Waals surface area contributed by atoms with Gasteiger partial charge in [0.25, 0.3) is 5.69 Å². The van der Waals surface area contributed by atoms with Crippen LogP contribution in [-0.4, -0.2) is 46.4 Å². The highest BCUT2D eigenvalue weighted by Gasteiger charge is 2.34. The monoisotopic (exact) mass is 290 g/mol. The first kappa shape index (κ1) is 14.3. The van der Waals surface area contributed by atoms with Gasteiger partial charge in [0.05, 0.1) is 4.92 Å². The minimum Gasteiger partial charge on any atom is -0.393 e. The van der Waals surface area contributed by atoms with Gasteiger partial charge in [-0.05, 0) is 31.9 Å². The maximum absolute atomic E-state index is 11.0. The maximum Gasteiger partial charge on any atom is 0.292 e. The van der Waals surface area contributed by atoms with Crippen LogP contribution in [0.3, 0.4) is 0 Å². The smallest absolute Gasteiger partial charge is 0.292 e. The molecular formula is C15H22N4O2. The molecule has 0 saturated carbocycles. The van der Waals surface area contributed by atoms with Crippen molar-refractivity contribution in [2.75, 3.05) is 25.4 Å². The average Bonchev–Trinajstić information content (AvgIpc) is 2.88. The Morgan fingerprint density at radius 1 is 1.43 bits per heavy atom. The predicted molar refractivity (Wildman–Crippen MR) is 82.0 cm³/mol. The van der Waals surface area contributed by atoms with Crippen molar-refractivity contribution in [2.45, 2.75) is 38.4 Å². The fraction of sp³-hybridized carbons (Fsp3) is 0.600. The fourth-order valence-corrected chi connectivity index (χ4v) is 3.58. The Bertz CT molecular complexity index is 548. The Hall–Kier alpha value is -1.66. The third-order valence-corrected chi connectivity index (χ3v) is 4.81. The van der Waals surface area contributed by atoms with Crippen molar-refractivity contribution in [1.29, 1.82) is 0 Å². The number of nitro benzene ring substituents is 1. The van der Waals surface area contributed by atoms with Crippen LogP contribution in [0, 0.1) is 10.1 Å². The summed E-state index contributed by atoms with van der Waals surface area (Å²) in [5.41, 5.74) is 7.16. The molecule has 6 nitrogen and oxygen atoms in total. The molecule has 2 saturated heterocycles. The molecule has 1 aromatic carbocycles. The van der Waals surface area contributed by atoms with Crippen LogP contribution in [0.1, 0.15) is 25.3 Å². The van der Waals surface area contributed by atoms with Crippen LogP contribution in [0.2, 0.25) is 0 Å². The number of piperazine rings is 1. The molecule has 114 valence electrons. The molecule has 2 atom stereocenters. The van der Waals surface area contributed by atoms with Crippen molar-refractivity contribution >= 4 is 11.4 Å². The highest BCUT2D eigenvalue weighted by molar-refractivity contribution is 5.62. The molecule has 2 unspecified atom stereocenters. The van der Waals surface area contributed by atoms with Crippen molar-refractivity contribution < 1.29 is 4.92 Å². The molecule has 6 heteroatoms. The second-order valence-electron chi connectivity index (χ2n) is 6.18. The maximum atomic E-state index is 11.0. The number of nitrogens with zero attached hydrogens (tertiary/aromatic N) is 3. The molecule has 2 N–H and O–H groups in total. The Kier molecular flexibility index (Phi) is 3.82. The van der Waals surface area contributed by atoms with E-state index < -0.39 is 4.92 Å². The lowest BCUT2D eigenvalue weighted by atomic mass is 10.1. The second-order valence-corrected chi connectivity index (χ2v) is 6.18. The third-order valence-electron chi connectivity index (χ3n) is 4.81. The molecule has 0 radical (unpaired) electrons. The first-order valence-corrected chi connectivity index (χ1v) is 7.56. The van der Waals surface area contributed by atoms with Crippen LogP contribution < -0.4 is 5.73 Å². The van der Waals surface area contributed by atoms with E-state index in [1.807, 2.05) is 6.07 Å². The summed E-state index contributed by atoms with van der Waals surface area (Å²) in [6.07, 6.45) is 2.54. The Balaban J connectivity index is 1.77. The zero-order chi connectivity index (χ0) is 15.0. The first-order chi connectivity index (χ1) is 10.1. The lowest BCUT2D eigenvalue weighted by Gasteiger charge is -2.42. The molecule has 2 aliphatic heterocycles. The van der Waals surface area contributed by atoms with Gasteiger partial charge in [-0.15, -0.1) is 0 Å². The average molecular weight is 290 g/mol. The van der Waals surface area contributed by atoms with Gasteiger partial charge in [0.1, 0.15) is 5.69 Å². The zero-order valence-electron chi connectivity index (χ0n) is 12.4. The lowest BCUT2D eigenvalue weighted by Crippen LogP contribution is -2.54. The first-order valence-electron chi connectivity index (χ1n) is 7.56. The largest absolute Gasteiger partial charge is 0.393 e. The van der Waals surface area contributed by atoms with Crippen LogP contribution in [0.25, 0.3) is 0 Å². The number of hydrogen-bond donors (Lipinski definition) is 1. The molecule has 0 aromatic heterocycles. The van der Waals surface area contributed by atoms with E-state index in [1.54, 1.807) is 6.07 Å². The quantitative estimate of drug-likeness (QED) is 0.522. The van der Waals surface area contributed by atoms with E-state index >= 15 is 0 Å². The van der Waals surface area contributed by atoms with Gasteiger partial charge in [0.2, 0.25) is 0 Å². The van der Waals surface area contributed by atoms with Crippen molar-refractivity contribution in [3.8, 4) is 0 Å². The van der Waals surface area contributed by atoms with Gasteiger partial charge in [-0.1, -0.05) is 12.1 Å². The molecule has 1 aromatic rings. The van der Waals surface area contributed by atoms with Crippen LogP contribution in [-0.2, 0) is 6.54 Å². The lowest BCUT2D eigenvalue weighted by molar-refractivity contribution is -0.384. The number of hydrogen-bond acceptors (Lipinski definition) is 5. The molecule has 2 aliphatic rings. The molecule has 21 heavy (non-hydrogen) atoms. The predicted octanol–water partition coefficient (Wildman–Crippen LogP) is 1.85. The topological polar surface area (TPSA) is 75.6 Å². The van der Waals surface area contributed by atoms with E-state index in [9.17, 15) is 10.1 Å². The highest BCUT2D eigenvalue weighted by atomic mass is 16.6. The Labute approximate surface area is 124 Å². The van der Waals surface area contributed by atoms with E-state index in [0.717, 1.165) is 18.7 Å². The standard InChI is InChI=1S/C15H22N4O2/c1-11-8-17-7-3-5-13(17)10-18(11)9-12-4-2-6-14(15(12)16)19(20)21/h2,4,6,11,13H,3,5,7-10,16H2,1H3. The van der Waals surface area contributed by atoms with Crippen LogP contribution >= 0.6 is 0 Å². The van der Waals surface area contributed by atoms with E-state index in [1.165, 1.54) is 25.5 Å². The van der Waals surface area contributed by atoms with Crippen molar-refractivity contribution in [3.63, 3.8) is 0 Å². The van der Waals surface area contributed by atoms with Gasteiger partial charge >= 0.3 is 0 Å². The van der Waals surface area contributed by atoms with Gasteiger partial charge in [-0.3, -0.25) is 19.9 Å². The van der Waals surface area contributed by atoms with Gasteiger partial charge in [-0.25, -0.2) is 0 Å². The zero-order valence-corrected chi connectivity index (χ0v) is 12.4. The van der Waals surface area contributed by atoms with E-state index in [2.05, 4.69) is 16.7 Å². The van der Waals surface area contributed by atoms with Gasteiger partial charge < -0.3 is 5.73 Å². The molecule has 0 aliphatic carbocycles. The van der Waals surface area contributed by atoms with Gasteiger partial charge in [-0.2, -0.15) is 0 Å². The van der Waals surface area contributed by atoms with Crippen molar-refractivity contribution in [1.82, 2.24) is 9.80 Å². The number of nitro groups is 1. The van der Waals surface area contributed by atoms with E-state index in [-0.39, 0.29) is 5.69 Å². The van der Waals surface area contributed by atoms with E-state index in [0.29, 0.717) is 24.3 Å². The summed E-state index contributed by atoms with van der Waals surface area (Å²) >= 11 is 0. The normalized spacial score (nSPS) is 26.7. The number of benzene rings is 1. The molecule has 2 heterocycles. The number of para-hydroxylation sites is 1. The minimum atomic E-state index is -0.406. The van der Waals surface area contributed by atoms with Crippen LogP contribution in [0.4, 0.5) is 11.4 Å². The number of fused-ring (bicyclic) bond motifs is 1. The fourth-order valence-electron chi connectivity index (χ4n) is 3.58. The molecule has 0 bridgehead atoms. The highest BCUT2D eigenvalue weighted by Crippen LogP contribution is 2.29. The molecular weight excluding hydrogens is 268 g/mol. The minimum absolute atomic E-state index is 0.0136. The van der Waals surface area contributed by atoms with Crippen LogP contribution in [0.15, 0.2) is 18.2 Å². The van der Waals surface area contributed by atoms with Gasteiger partial charge in [0, 0.05) is 37.8 Å². The molecule has 3 rings (SSSR count). The van der Waals surface area contributed by atoms with E-state index in [4.69, 9.17) is 5.73 Å². The number of anilines is 1. The summed E-state index contributed by atoms with van der Waals surface area (Å²) in [4.78, 5) is 15.6. The molecule has 0 spiro atoms. The van der Waals surface area contributed by atoms with Gasteiger partial charge in [0.15, 0.2) is 0 Å². The van der Waals surface area contributed by atoms with Crippen molar-refractivity contribution in [2.24, 2.45) is 0 Å². The number of nitrogen functional groups attached to an aromatic ring is 1. The summed E-state index contributed by atoms with van der Waals surface area (Å²) in [6, 6.07) is 6.19. The summed E-state index contributed by atoms with van der Waals surface area (Å²) < 4.78 is 0. The summed E-state index contributed by atoms with van der Waals surface area (Å²) in [7, 11) is 0. The second kappa shape index (κ2) is 5.61. The Morgan fingerprint density at radius 3 is 3.00 bits per heavy atom. The summed E-state index contributed by atoms with van der Waals surface area (Å²) in [5, 5.41) is 11.0.